The molecule has 0 unspecified atom stereocenters. The highest BCUT2D eigenvalue weighted by atomic mass is 79.9. The van der Waals surface area contributed by atoms with Crippen LogP contribution in [0.4, 0.5) is 20.3 Å². The van der Waals surface area contributed by atoms with E-state index in [0.29, 0.717) is 47.5 Å². The van der Waals surface area contributed by atoms with Crippen molar-refractivity contribution in [1.82, 2.24) is 14.8 Å². The lowest BCUT2D eigenvalue weighted by Crippen LogP contribution is -2.26. The van der Waals surface area contributed by atoms with Gasteiger partial charge in [-0.2, -0.15) is 5.10 Å². The summed E-state index contributed by atoms with van der Waals surface area (Å²) in [6.45, 7) is 1.98. The van der Waals surface area contributed by atoms with Gasteiger partial charge in [-0.15, -0.1) is 0 Å². The van der Waals surface area contributed by atoms with Gasteiger partial charge in [0.05, 0.1) is 11.6 Å². The first-order valence-electron chi connectivity index (χ1n) is 10.4. The van der Waals surface area contributed by atoms with E-state index in [1.807, 2.05) is 15.6 Å². The van der Waals surface area contributed by atoms with E-state index in [-0.39, 0.29) is 11.6 Å². The molecule has 1 saturated heterocycles. The highest BCUT2D eigenvalue weighted by Gasteiger charge is 2.29. The molecule has 2 aliphatic rings. The van der Waals surface area contributed by atoms with Gasteiger partial charge in [0, 0.05) is 35.5 Å². The summed E-state index contributed by atoms with van der Waals surface area (Å²) in [5.74, 6) is 0.605. The topological polar surface area (TPSA) is 60.2 Å². The Morgan fingerprint density at radius 1 is 1.23 bits per heavy atom. The van der Waals surface area contributed by atoms with E-state index in [9.17, 15) is 13.6 Å². The molecule has 0 amide bonds. The maximum atomic E-state index is 13.6. The van der Waals surface area contributed by atoms with E-state index >= 15 is 0 Å². The van der Waals surface area contributed by atoms with Crippen LogP contribution in [-0.4, -0.2) is 40.8 Å². The molecule has 0 aliphatic carbocycles. The monoisotopic (exact) mass is 490 g/mol. The number of hydrogen-bond acceptors (Lipinski definition) is 5. The zero-order valence-electron chi connectivity index (χ0n) is 16.7. The number of aromatic nitrogens is 3. The molecule has 1 aromatic carbocycles. The number of rotatable bonds is 4. The lowest BCUT2D eigenvalue weighted by atomic mass is 9.99. The smallest absolute Gasteiger partial charge is 0.265 e. The molecule has 3 aromatic rings. The molecule has 5 rings (SSSR count). The fraction of sp³-hybridized carbons (Fsp3) is 0.409. The maximum Gasteiger partial charge on any atom is 0.265 e. The lowest BCUT2D eigenvalue weighted by molar-refractivity contribution is 0.0675. The molecule has 6 nitrogen and oxygen atoms in total. The Bertz CT molecular complexity index is 1140. The van der Waals surface area contributed by atoms with Crippen molar-refractivity contribution in [1.29, 1.82) is 0 Å². The first-order chi connectivity index (χ1) is 15.1. The van der Waals surface area contributed by atoms with Gasteiger partial charge in [0.15, 0.2) is 12.1 Å². The number of aryl methyl sites for hydroxylation is 1. The second-order valence-electron chi connectivity index (χ2n) is 7.89. The summed E-state index contributed by atoms with van der Waals surface area (Å²) in [6.07, 6.45) is 1.48. The van der Waals surface area contributed by atoms with Gasteiger partial charge in [-0.05, 0) is 55.5 Å². The van der Waals surface area contributed by atoms with E-state index in [1.54, 1.807) is 18.2 Å². The number of carbonyl (C=O) groups is 1. The minimum atomic E-state index is -2.58. The van der Waals surface area contributed by atoms with Crippen molar-refractivity contribution in [3.63, 3.8) is 0 Å². The summed E-state index contributed by atoms with van der Waals surface area (Å²) in [5, 5.41) is 4.92. The molecule has 0 atom stereocenters. The van der Waals surface area contributed by atoms with Crippen LogP contribution in [0.3, 0.4) is 0 Å². The highest BCUT2D eigenvalue weighted by molar-refractivity contribution is 9.10. The average molecular weight is 491 g/mol. The number of hydrogen-bond donors (Lipinski definition) is 0. The number of carbonyl (C=O) groups excluding carboxylic acids is 1. The summed E-state index contributed by atoms with van der Waals surface area (Å²) < 4.78 is 35.1. The molecule has 0 radical (unpaired) electrons. The number of halogens is 3. The van der Waals surface area contributed by atoms with Crippen LogP contribution in [-0.2, 0) is 11.2 Å². The van der Waals surface area contributed by atoms with Crippen LogP contribution in [0.5, 0.6) is 0 Å². The zero-order valence-corrected chi connectivity index (χ0v) is 18.3. The number of alkyl halides is 2. The van der Waals surface area contributed by atoms with E-state index in [4.69, 9.17) is 9.84 Å². The van der Waals surface area contributed by atoms with Gasteiger partial charge in [-0.25, -0.2) is 13.8 Å². The van der Waals surface area contributed by atoms with E-state index in [2.05, 4.69) is 20.9 Å². The van der Waals surface area contributed by atoms with Crippen molar-refractivity contribution in [3.05, 3.63) is 45.6 Å². The molecular weight excluding hydrogens is 470 g/mol. The molecule has 162 valence electrons. The largest absolute Gasteiger partial charge is 0.381 e. The SMILES string of the molecule is O=Cc1ccc2c(n1)c(N1CCCc3cc(Br)c(C(F)F)cc31)nn2C1CCOCC1. The van der Waals surface area contributed by atoms with Crippen LogP contribution in [0, 0.1) is 0 Å². The third-order valence-electron chi connectivity index (χ3n) is 6.02. The molecule has 31 heavy (non-hydrogen) atoms. The van der Waals surface area contributed by atoms with Gasteiger partial charge < -0.3 is 9.64 Å². The maximum absolute atomic E-state index is 13.6. The Morgan fingerprint density at radius 2 is 2.03 bits per heavy atom. The van der Waals surface area contributed by atoms with Crippen molar-refractivity contribution < 1.29 is 18.3 Å². The Morgan fingerprint density at radius 3 is 2.77 bits per heavy atom. The first kappa shape index (κ1) is 20.5. The summed E-state index contributed by atoms with van der Waals surface area (Å²) in [6, 6.07) is 7.05. The fourth-order valence-electron chi connectivity index (χ4n) is 4.48. The predicted molar refractivity (Wildman–Crippen MR) is 116 cm³/mol. The Balaban J connectivity index is 1.69. The number of pyridine rings is 1. The van der Waals surface area contributed by atoms with Gasteiger partial charge in [0.1, 0.15) is 11.2 Å². The number of nitrogens with zero attached hydrogens (tertiary/aromatic N) is 4. The fourth-order valence-corrected chi connectivity index (χ4v) is 5.04. The Labute approximate surface area is 186 Å². The van der Waals surface area contributed by atoms with E-state index in [0.717, 1.165) is 42.5 Å². The van der Waals surface area contributed by atoms with Gasteiger partial charge in [-0.3, -0.25) is 9.48 Å². The summed E-state index contributed by atoms with van der Waals surface area (Å²) >= 11 is 3.29. The molecular formula is C22H21BrF2N4O2. The summed E-state index contributed by atoms with van der Waals surface area (Å²) in [7, 11) is 0. The van der Waals surface area contributed by atoms with Crippen LogP contribution >= 0.6 is 15.9 Å². The minimum Gasteiger partial charge on any atom is -0.381 e. The number of anilines is 2. The van der Waals surface area contributed by atoms with Crippen LogP contribution in [0.15, 0.2) is 28.7 Å². The molecule has 0 saturated carbocycles. The van der Waals surface area contributed by atoms with Gasteiger partial charge in [0.25, 0.3) is 6.43 Å². The minimum absolute atomic E-state index is 0.0413. The molecule has 0 N–H and O–H groups in total. The van der Waals surface area contributed by atoms with Crippen molar-refractivity contribution in [3.8, 4) is 0 Å². The molecule has 1 fully saturated rings. The number of benzene rings is 1. The highest BCUT2D eigenvalue weighted by Crippen LogP contribution is 2.41. The summed E-state index contributed by atoms with van der Waals surface area (Å²) in [5.41, 5.74) is 3.45. The van der Waals surface area contributed by atoms with Crippen molar-refractivity contribution in [2.75, 3.05) is 24.7 Å². The number of ether oxygens (including phenoxy) is 1. The third kappa shape index (κ3) is 3.63. The van der Waals surface area contributed by atoms with Crippen LogP contribution < -0.4 is 4.90 Å². The van der Waals surface area contributed by atoms with Gasteiger partial charge in [-0.1, -0.05) is 15.9 Å². The van der Waals surface area contributed by atoms with Crippen molar-refractivity contribution >= 4 is 44.8 Å². The molecule has 9 heteroatoms. The van der Waals surface area contributed by atoms with Crippen LogP contribution in [0.25, 0.3) is 11.0 Å². The molecule has 0 spiro atoms. The van der Waals surface area contributed by atoms with E-state index in [1.165, 1.54) is 0 Å². The number of fused-ring (bicyclic) bond motifs is 2. The summed E-state index contributed by atoms with van der Waals surface area (Å²) in [4.78, 5) is 17.9. The third-order valence-corrected chi connectivity index (χ3v) is 6.71. The second kappa shape index (κ2) is 8.27. The average Bonchev–Trinajstić information content (AvgIpc) is 3.17. The van der Waals surface area contributed by atoms with Gasteiger partial charge in [0.2, 0.25) is 0 Å². The normalized spacial score (nSPS) is 17.4. The number of aldehydes is 1. The quantitative estimate of drug-likeness (QED) is 0.459. The van der Waals surface area contributed by atoms with Crippen molar-refractivity contribution in [2.45, 2.75) is 38.2 Å². The molecule has 4 heterocycles. The van der Waals surface area contributed by atoms with Gasteiger partial charge >= 0.3 is 0 Å². The first-order valence-corrected chi connectivity index (χ1v) is 11.2. The molecule has 0 bridgehead atoms. The van der Waals surface area contributed by atoms with E-state index < -0.39 is 6.43 Å². The Kier molecular flexibility index (Phi) is 5.47. The molecule has 2 aromatic heterocycles. The Hall–Kier alpha value is -2.39. The van der Waals surface area contributed by atoms with Crippen LogP contribution in [0.2, 0.25) is 0 Å². The standard InChI is InChI=1S/C22H21BrF2N4O2/c23-17-10-13-2-1-7-28(19(13)11-16(17)21(24)25)22-20-18(4-3-14(12-30)26-20)29(27-22)15-5-8-31-9-6-15/h3-4,10-12,15,21H,1-2,5-9H2. The second-order valence-corrected chi connectivity index (χ2v) is 8.75. The predicted octanol–water partition coefficient (Wildman–Crippen LogP) is 5.38. The van der Waals surface area contributed by atoms with Crippen LogP contribution in [0.1, 0.15) is 53.3 Å². The molecule has 2 aliphatic heterocycles. The van der Waals surface area contributed by atoms with Crippen molar-refractivity contribution in [2.24, 2.45) is 0 Å². The zero-order chi connectivity index (χ0) is 21.5. The lowest BCUT2D eigenvalue weighted by Gasteiger charge is -2.30.